The van der Waals surface area contributed by atoms with Crippen molar-refractivity contribution in [2.45, 2.75) is 31.8 Å². The predicted molar refractivity (Wildman–Crippen MR) is 61.3 cm³/mol. The van der Waals surface area contributed by atoms with Crippen LogP contribution in [0, 0.1) is 5.41 Å². The zero-order valence-electron chi connectivity index (χ0n) is 10.2. The van der Waals surface area contributed by atoms with Crippen LogP contribution < -0.4 is 5.32 Å². The lowest BCUT2D eigenvalue weighted by molar-refractivity contribution is -0.137. The van der Waals surface area contributed by atoms with Crippen LogP contribution in [0.4, 0.5) is 0 Å². The lowest BCUT2D eigenvalue weighted by Gasteiger charge is -2.24. The molecule has 0 aromatic rings. The minimum atomic E-state index is 0.340. The second-order valence-corrected chi connectivity index (χ2v) is 4.98. The molecule has 1 saturated heterocycles. The number of nitrogens with one attached hydrogen (secondary N) is 1. The largest absolute Gasteiger partial charge is 0.385 e. The Morgan fingerprint density at radius 2 is 2.31 bits per heavy atom. The molecule has 1 saturated carbocycles. The maximum atomic E-state index is 5.48. The van der Waals surface area contributed by atoms with E-state index in [4.69, 9.17) is 14.2 Å². The van der Waals surface area contributed by atoms with Gasteiger partial charge in [0.05, 0.1) is 12.7 Å². The van der Waals surface area contributed by atoms with Gasteiger partial charge in [-0.1, -0.05) is 0 Å². The van der Waals surface area contributed by atoms with Crippen LogP contribution in [0.5, 0.6) is 0 Å². The summed E-state index contributed by atoms with van der Waals surface area (Å²) in [6, 6.07) is 0. The van der Waals surface area contributed by atoms with Gasteiger partial charge >= 0.3 is 0 Å². The molecule has 4 heteroatoms. The Hall–Kier alpha value is -0.160. The van der Waals surface area contributed by atoms with E-state index in [0.717, 1.165) is 32.7 Å². The number of methoxy groups -OCH3 is 1. The fraction of sp³-hybridized carbons (Fsp3) is 1.00. The van der Waals surface area contributed by atoms with Gasteiger partial charge in [0, 0.05) is 26.8 Å². The lowest BCUT2D eigenvalue weighted by Crippen LogP contribution is -2.36. The number of rotatable bonds is 7. The standard InChI is InChI=1S/C12H23NO3/c1-14-7-5-12(3-4-12)9-13-8-11-2-6-15-10-16-11/h11,13H,2-10H2,1H3. The first-order valence-corrected chi connectivity index (χ1v) is 6.24. The first-order chi connectivity index (χ1) is 7.85. The van der Waals surface area contributed by atoms with E-state index >= 15 is 0 Å². The summed E-state index contributed by atoms with van der Waals surface area (Å²) in [6.07, 6.45) is 5.23. The molecule has 1 unspecified atom stereocenters. The average molecular weight is 229 g/mol. The van der Waals surface area contributed by atoms with Crippen molar-refractivity contribution in [2.75, 3.05) is 40.2 Å². The molecule has 2 aliphatic rings. The molecule has 1 aliphatic heterocycles. The third kappa shape index (κ3) is 3.70. The minimum absolute atomic E-state index is 0.340. The second-order valence-electron chi connectivity index (χ2n) is 4.98. The van der Waals surface area contributed by atoms with Crippen molar-refractivity contribution in [3.05, 3.63) is 0 Å². The van der Waals surface area contributed by atoms with Crippen LogP contribution in [0.3, 0.4) is 0 Å². The molecule has 0 spiro atoms. The Morgan fingerprint density at radius 3 is 2.94 bits per heavy atom. The third-order valence-corrected chi connectivity index (χ3v) is 3.64. The molecule has 1 atom stereocenters. The summed E-state index contributed by atoms with van der Waals surface area (Å²) in [7, 11) is 1.78. The summed E-state index contributed by atoms with van der Waals surface area (Å²) >= 11 is 0. The summed E-state index contributed by atoms with van der Waals surface area (Å²) in [5.41, 5.74) is 0.529. The average Bonchev–Trinajstić information content (AvgIpc) is 3.09. The van der Waals surface area contributed by atoms with Gasteiger partial charge in [0.25, 0.3) is 0 Å². The van der Waals surface area contributed by atoms with Crippen LogP contribution in [-0.2, 0) is 14.2 Å². The van der Waals surface area contributed by atoms with E-state index in [-0.39, 0.29) is 0 Å². The van der Waals surface area contributed by atoms with Crippen LogP contribution in [-0.4, -0.2) is 46.3 Å². The normalized spacial score (nSPS) is 27.9. The first-order valence-electron chi connectivity index (χ1n) is 6.24. The highest BCUT2D eigenvalue weighted by molar-refractivity contribution is 4.94. The molecule has 1 aliphatic carbocycles. The SMILES string of the molecule is COCCC1(CNCC2CCOCO2)CC1. The van der Waals surface area contributed by atoms with E-state index in [1.807, 2.05) is 0 Å². The van der Waals surface area contributed by atoms with Crippen molar-refractivity contribution >= 4 is 0 Å². The van der Waals surface area contributed by atoms with Gasteiger partial charge < -0.3 is 19.5 Å². The summed E-state index contributed by atoms with van der Waals surface area (Å²) < 4.78 is 15.8. The molecule has 0 amide bonds. The molecule has 2 fully saturated rings. The van der Waals surface area contributed by atoms with Crippen molar-refractivity contribution in [3.8, 4) is 0 Å². The molecule has 1 heterocycles. The molecule has 94 valence electrons. The van der Waals surface area contributed by atoms with Gasteiger partial charge in [-0.15, -0.1) is 0 Å². The van der Waals surface area contributed by atoms with E-state index in [9.17, 15) is 0 Å². The van der Waals surface area contributed by atoms with Gasteiger partial charge in [-0.3, -0.25) is 0 Å². The van der Waals surface area contributed by atoms with Crippen LogP contribution >= 0.6 is 0 Å². The number of hydrogen-bond acceptors (Lipinski definition) is 4. The fourth-order valence-corrected chi connectivity index (χ4v) is 2.17. The Kier molecular flexibility index (Phi) is 4.58. The summed E-state index contributed by atoms with van der Waals surface area (Å²) in [6.45, 7) is 4.24. The van der Waals surface area contributed by atoms with E-state index in [1.54, 1.807) is 7.11 Å². The molecular formula is C12H23NO3. The molecule has 4 nitrogen and oxygen atoms in total. The first kappa shape index (κ1) is 12.3. The van der Waals surface area contributed by atoms with Gasteiger partial charge in [-0.2, -0.15) is 0 Å². The topological polar surface area (TPSA) is 39.7 Å². The van der Waals surface area contributed by atoms with Crippen molar-refractivity contribution in [2.24, 2.45) is 5.41 Å². The molecule has 16 heavy (non-hydrogen) atoms. The minimum Gasteiger partial charge on any atom is -0.385 e. The summed E-state index contributed by atoms with van der Waals surface area (Å²) in [5.74, 6) is 0. The molecule has 1 N–H and O–H groups in total. The van der Waals surface area contributed by atoms with Crippen LogP contribution in [0.2, 0.25) is 0 Å². The molecule has 0 bridgehead atoms. The van der Waals surface area contributed by atoms with Crippen molar-refractivity contribution in [3.63, 3.8) is 0 Å². The van der Waals surface area contributed by atoms with Crippen LogP contribution in [0.15, 0.2) is 0 Å². The van der Waals surface area contributed by atoms with Gasteiger partial charge in [-0.05, 0) is 31.1 Å². The van der Waals surface area contributed by atoms with E-state index < -0.39 is 0 Å². The molecule has 0 radical (unpaired) electrons. The molecule has 2 rings (SSSR count). The number of hydrogen-bond donors (Lipinski definition) is 1. The fourth-order valence-electron chi connectivity index (χ4n) is 2.17. The molecular weight excluding hydrogens is 206 g/mol. The van der Waals surface area contributed by atoms with Crippen LogP contribution in [0.25, 0.3) is 0 Å². The van der Waals surface area contributed by atoms with Gasteiger partial charge in [0.15, 0.2) is 0 Å². The summed E-state index contributed by atoms with van der Waals surface area (Å²) in [5, 5.41) is 3.53. The van der Waals surface area contributed by atoms with Crippen molar-refractivity contribution in [1.29, 1.82) is 0 Å². The third-order valence-electron chi connectivity index (χ3n) is 3.64. The van der Waals surface area contributed by atoms with E-state index in [1.165, 1.54) is 19.3 Å². The van der Waals surface area contributed by atoms with Crippen molar-refractivity contribution < 1.29 is 14.2 Å². The Morgan fingerprint density at radius 1 is 1.44 bits per heavy atom. The Balaban J connectivity index is 1.56. The van der Waals surface area contributed by atoms with Gasteiger partial charge in [0.1, 0.15) is 6.79 Å². The highest BCUT2D eigenvalue weighted by Crippen LogP contribution is 2.48. The monoisotopic (exact) mass is 229 g/mol. The highest BCUT2D eigenvalue weighted by Gasteiger charge is 2.41. The molecule has 0 aromatic carbocycles. The zero-order chi connectivity index (χ0) is 11.3. The Labute approximate surface area is 97.6 Å². The van der Waals surface area contributed by atoms with Crippen LogP contribution in [0.1, 0.15) is 25.7 Å². The predicted octanol–water partition coefficient (Wildman–Crippen LogP) is 1.16. The second kappa shape index (κ2) is 5.96. The highest BCUT2D eigenvalue weighted by atomic mass is 16.7. The quantitative estimate of drug-likeness (QED) is 0.711. The van der Waals surface area contributed by atoms with E-state index in [2.05, 4.69) is 5.32 Å². The lowest BCUT2D eigenvalue weighted by atomic mass is 10.0. The Bertz CT molecular complexity index is 200. The van der Waals surface area contributed by atoms with Crippen molar-refractivity contribution in [1.82, 2.24) is 5.32 Å². The maximum absolute atomic E-state index is 5.48. The smallest absolute Gasteiger partial charge is 0.147 e. The number of ether oxygens (including phenoxy) is 3. The maximum Gasteiger partial charge on any atom is 0.147 e. The summed E-state index contributed by atoms with van der Waals surface area (Å²) in [4.78, 5) is 0. The van der Waals surface area contributed by atoms with Gasteiger partial charge in [-0.25, -0.2) is 0 Å². The van der Waals surface area contributed by atoms with E-state index in [0.29, 0.717) is 18.3 Å². The zero-order valence-corrected chi connectivity index (χ0v) is 10.2. The van der Waals surface area contributed by atoms with Gasteiger partial charge in [0.2, 0.25) is 0 Å². The molecule has 0 aromatic heterocycles.